The third kappa shape index (κ3) is 5.28. The van der Waals surface area contributed by atoms with Crippen LogP contribution in [-0.4, -0.2) is 69.3 Å². The molecule has 2 N–H and O–H groups in total. The molecule has 4 rings (SSSR count). The number of anilines is 1. The first-order valence-corrected chi connectivity index (χ1v) is 11.9. The Morgan fingerprint density at radius 1 is 1.34 bits per heavy atom. The van der Waals surface area contributed by atoms with Crippen molar-refractivity contribution >= 4 is 40.0 Å². The Labute approximate surface area is 210 Å². The van der Waals surface area contributed by atoms with Crippen LogP contribution in [0.5, 0.6) is 10.9 Å². The number of hydrogen-bond donors (Lipinski definition) is 2. The molecule has 0 aliphatic carbocycles. The lowest BCUT2D eigenvalue weighted by molar-refractivity contribution is 0.102. The number of nitrogens with one attached hydrogen (secondary N) is 2. The van der Waals surface area contributed by atoms with Crippen LogP contribution >= 0.6 is 22.9 Å². The van der Waals surface area contributed by atoms with Crippen LogP contribution in [0.2, 0.25) is 5.15 Å². The number of hydrogen-bond acceptors (Lipinski definition) is 9. The van der Waals surface area contributed by atoms with Crippen LogP contribution in [0.25, 0.3) is 11.1 Å². The highest BCUT2D eigenvalue weighted by Gasteiger charge is 2.35. The van der Waals surface area contributed by atoms with Crippen molar-refractivity contribution in [3.8, 4) is 22.1 Å². The zero-order valence-corrected chi connectivity index (χ0v) is 21.2. The largest absolute Gasteiger partial charge is 0.494 e. The molecule has 0 spiro atoms. The van der Waals surface area contributed by atoms with E-state index in [4.69, 9.17) is 21.1 Å². The molecule has 3 aromatic heterocycles. The van der Waals surface area contributed by atoms with Gasteiger partial charge < -0.3 is 19.7 Å². The van der Waals surface area contributed by atoms with Gasteiger partial charge in [0, 0.05) is 31.0 Å². The van der Waals surface area contributed by atoms with Crippen LogP contribution in [0.15, 0.2) is 24.5 Å². The summed E-state index contributed by atoms with van der Waals surface area (Å²) in [5.41, 5.74) is 1.54. The Hall–Kier alpha value is -3.51. The fourth-order valence-corrected chi connectivity index (χ4v) is 4.47. The summed E-state index contributed by atoms with van der Waals surface area (Å²) in [5.74, 6) is 0.00452. The summed E-state index contributed by atoms with van der Waals surface area (Å²) in [6.07, 6.45) is 3.02. The first kappa shape index (κ1) is 24.6. The van der Waals surface area contributed by atoms with E-state index in [1.165, 1.54) is 13.3 Å². The Bertz CT molecular complexity index is 1270. The second kappa shape index (κ2) is 10.0. The van der Waals surface area contributed by atoms with E-state index in [2.05, 4.69) is 30.8 Å². The molecule has 11 nitrogen and oxygen atoms in total. The van der Waals surface area contributed by atoms with Gasteiger partial charge in [-0.25, -0.2) is 9.78 Å². The van der Waals surface area contributed by atoms with Crippen molar-refractivity contribution in [2.75, 3.05) is 32.1 Å². The maximum absolute atomic E-state index is 13.2. The van der Waals surface area contributed by atoms with Gasteiger partial charge in [-0.2, -0.15) is 0 Å². The van der Waals surface area contributed by atoms with Crippen LogP contribution in [0.1, 0.15) is 29.9 Å². The van der Waals surface area contributed by atoms with Gasteiger partial charge in [-0.15, -0.1) is 5.10 Å². The molecule has 13 heteroatoms. The molecule has 1 fully saturated rings. The second-order valence-electron chi connectivity index (χ2n) is 8.34. The number of carbonyl (C=O) groups is 2. The number of halogens is 1. The van der Waals surface area contributed by atoms with Crippen molar-refractivity contribution in [3.63, 3.8) is 0 Å². The van der Waals surface area contributed by atoms with Crippen LogP contribution in [0.4, 0.5) is 9.93 Å². The lowest BCUT2D eigenvalue weighted by Gasteiger charge is -2.33. The van der Waals surface area contributed by atoms with Crippen molar-refractivity contribution in [1.29, 1.82) is 0 Å². The normalized spacial score (nSPS) is 13.5. The average molecular weight is 518 g/mol. The number of nitrogens with zero attached hydrogens (tertiary/aromatic N) is 5. The number of carbonyl (C=O) groups excluding carboxylic acids is 2. The summed E-state index contributed by atoms with van der Waals surface area (Å²) in [6, 6.07) is 3.26. The molecule has 0 bridgehead atoms. The summed E-state index contributed by atoms with van der Waals surface area (Å²) < 4.78 is 11.3. The molecule has 35 heavy (non-hydrogen) atoms. The minimum Gasteiger partial charge on any atom is -0.494 e. The van der Waals surface area contributed by atoms with Gasteiger partial charge in [0.2, 0.25) is 5.13 Å². The van der Waals surface area contributed by atoms with E-state index in [1.807, 2.05) is 13.8 Å². The quantitative estimate of drug-likeness (QED) is 0.434. The van der Waals surface area contributed by atoms with Gasteiger partial charge in [0.15, 0.2) is 0 Å². The number of pyridine rings is 2. The molecule has 1 aliphatic heterocycles. The molecule has 0 atom stereocenters. The number of rotatable bonds is 8. The number of urea groups is 1. The highest BCUT2D eigenvalue weighted by molar-refractivity contribution is 7.17. The SMILES string of the molecule is COc1c(C)ncc(C(=O)Nc2nnc(OCC(C)(C)N3CCNC3=O)s2)c1-c1ccnc(Cl)c1. The summed E-state index contributed by atoms with van der Waals surface area (Å²) in [4.78, 5) is 35.2. The van der Waals surface area contributed by atoms with Gasteiger partial charge in [-0.1, -0.05) is 16.7 Å². The van der Waals surface area contributed by atoms with Crippen molar-refractivity contribution in [1.82, 2.24) is 30.4 Å². The summed E-state index contributed by atoms with van der Waals surface area (Å²) in [5, 5.41) is 14.3. The standard InChI is InChI=1S/C22H24ClN7O4S/c1-12-17(33-4)16(13-5-6-24-15(23)9-13)14(10-26-12)18(31)27-19-28-29-21(35-19)34-11-22(2,3)30-8-7-25-20(30)32/h5-6,9-10H,7-8,11H2,1-4H3,(H,25,32)(H,27,28,31). The van der Waals surface area contributed by atoms with Crippen LogP contribution in [0.3, 0.4) is 0 Å². The molecule has 0 unspecified atom stereocenters. The van der Waals surface area contributed by atoms with Crippen molar-refractivity contribution in [2.45, 2.75) is 26.3 Å². The van der Waals surface area contributed by atoms with Crippen LogP contribution < -0.4 is 20.1 Å². The van der Waals surface area contributed by atoms with E-state index < -0.39 is 11.4 Å². The van der Waals surface area contributed by atoms with Gasteiger partial charge in [-0.3, -0.25) is 15.1 Å². The maximum atomic E-state index is 13.2. The maximum Gasteiger partial charge on any atom is 0.318 e. The first-order chi connectivity index (χ1) is 16.7. The summed E-state index contributed by atoms with van der Waals surface area (Å²) in [7, 11) is 1.51. The number of ether oxygens (including phenoxy) is 2. The Morgan fingerprint density at radius 2 is 2.14 bits per heavy atom. The molecular weight excluding hydrogens is 494 g/mol. The highest BCUT2D eigenvalue weighted by Crippen LogP contribution is 2.36. The van der Waals surface area contributed by atoms with E-state index in [1.54, 1.807) is 30.2 Å². The molecule has 1 aliphatic rings. The zero-order valence-electron chi connectivity index (χ0n) is 19.6. The molecule has 0 saturated carbocycles. The fraction of sp³-hybridized carbons (Fsp3) is 0.364. The molecule has 3 amide bonds. The molecule has 3 aromatic rings. The van der Waals surface area contributed by atoms with Gasteiger partial charge >= 0.3 is 6.03 Å². The smallest absolute Gasteiger partial charge is 0.318 e. The number of methoxy groups -OCH3 is 1. The molecular formula is C22H24ClN7O4S. The predicted molar refractivity (Wildman–Crippen MR) is 131 cm³/mol. The molecule has 184 valence electrons. The molecule has 0 radical (unpaired) electrons. The molecule has 4 heterocycles. The van der Waals surface area contributed by atoms with Gasteiger partial charge in [0.25, 0.3) is 11.1 Å². The monoisotopic (exact) mass is 517 g/mol. The number of aryl methyl sites for hydroxylation is 1. The van der Waals surface area contributed by atoms with E-state index in [-0.39, 0.29) is 33.7 Å². The summed E-state index contributed by atoms with van der Waals surface area (Å²) >= 11 is 7.16. The molecule has 0 aromatic carbocycles. The van der Waals surface area contributed by atoms with Crippen molar-refractivity contribution in [3.05, 3.63) is 40.9 Å². The Morgan fingerprint density at radius 3 is 2.83 bits per heavy atom. The number of amides is 3. The third-order valence-electron chi connectivity index (χ3n) is 5.44. The fourth-order valence-electron chi connectivity index (χ4n) is 3.70. The zero-order chi connectivity index (χ0) is 25.2. The van der Waals surface area contributed by atoms with E-state index in [0.29, 0.717) is 35.7 Å². The minimum absolute atomic E-state index is 0.128. The average Bonchev–Trinajstić information content (AvgIpc) is 3.46. The van der Waals surface area contributed by atoms with Crippen LogP contribution in [0, 0.1) is 6.92 Å². The van der Waals surface area contributed by atoms with E-state index in [0.717, 1.165) is 11.3 Å². The van der Waals surface area contributed by atoms with Crippen molar-refractivity contribution < 1.29 is 19.1 Å². The Kier molecular flexibility index (Phi) is 7.03. The van der Waals surface area contributed by atoms with Gasteiger partial charge in [-0.05, 0) is 49.8 Å². The summed E-state index contributed by atoms with van der Waals surface area (Å²) in [6.45, 7) is 7.03. The van der Waals surface area contributed by atoms with Gasteiger partial charge in [0.1, 0.15) is 17.5 Å². The predicted octanol–water partition coefficient (Wildman–Crippen LogP) is 3.40. The topological polar surface area (TPSA) is 131 Å². The molecule has 1 saturated heterocycles. The van der Waals surface area contributed by atoms with E-state index in [9.17, 15) is 9.59 Å². The van der Waals surface area contributed by atoms with E-state index >= 15 is 0 Å². The third-order valence-corrected chi connectivity index (χ3v) is 6.40. The highest BCUT2D eigenvalue weighted by atomic mass is 35.5. The lowest BCUT2D eigenvalue weighted by Crippen LogP contribution is -2.49. The Balaban J connectivity index is 1.52. The van der Waals surface area contributed by atoms with Crippen molar-refractivity contribution in [2.24, 2.45) is 0 Å². The number of aromatic nitrogens is 4. The lowest BCUT2D eigenvalue weighted by atomic mass is 9.99. The second-order valence-corrected chi connectivity index (χ2v) is 9.67. The minimum atomic E-state index is -0.541. The van der Waals surface area contributed by atoms with Crippen LogP contribution in [-0.2, 0) is 0 Å². The first-order valence-electron chi connectivity index (χ1n) is 10.7. The van der Waals surface area contributed by atoms with Gasteiger partial charge in [0.05, 0.1) is 23.9 Å².